The molecule has 0 radical (unpaired) electrons. The smallest absolute Gasteiger partial charge is 0.209 e. The molecule has 0 fully saturated rings. The molecule has 3 heterocycles. The number of nitrogens with zero attached hydrogens (tertiary/aromatic N) is 2. The van der Waals surface area contributed by atoms with E-state index in [9.17, 15) is 0 Å². The van der Waals surface area contributed by atoms with Gasteiger partial charge in [0.2, 0.25) is 5.96 Å². The average molecular weight is 480 g/mol. The molecule has 0 amide bonds. The van der Waals surface area contributed by atoms with Crippen LogP contribution in [-0.4, -0.2) is 10.5 Å². The number of nitrogens with one attached hydrogen (secondary N) is 1. The number of para-hydroxylation sites is 1. The lowest BCUT2D eigenvalue weighted by Gasteiger charge is -2.26. The minimum Gasteiger partial charge on any atom is -0.343 e. The topological polar surface area (TPSA) is 29.3 Å². The summed E-state index contributed by atoms with van der Waals surface area (Å²) in [5, 5.41) is 10.0. The Balaban J connectivity index is 1.46. The third kappa shape index (κ3) is 2.82. The molecule has 2 aromatic heterocycles. The van der Waals surface area contributed by atoms with Gasteiger partial charge >= 0.3 is 0 Å². The van der Waals surface area contributed by atoms with Crippen LogP contribution in [0.5, 0.6) is 0 Å². The Labute approximate surface area is 212 Å². The van der Waals surface area contributed by atoms with E-state index in [1.54, 1.807) is 0 Å². The van der Waals surface area contributed by atoms with Gasteiger partial charge in [0, 0.05) is 20.9 Å². The van der Waals surface area contributed by atoms with Gasteiger partial charge in [-0.3, -0.25) is 4.57 Å². The molecule has 0 spiro atoms. The number of aromatic nitrogens is 1. The van der Waals surface area contributed by atoms with Crippen molar-refractivity contribution in [2.75, 3.05) is 0 Å². The Morgan fingerprint density at radius 3 is 2.19 bits per heavy atom. The molecule has 0 aliphatic carbocycles. The van der Waals surface area contributed by atoms with E-state index < -0.39 is 0 Å². The zero-order chi connectivity index (χ0) is 23.6. The number of hydrogen-bond acceptors (Lipinski definition) is 3. The van der Waals surface area contributed by atoms with Crippen molar-refractivity contribution in [3.05, 3.63) is 126 Å². The van der Waals surface area contributed by atoms with Crippen LogP contribution >= 0.6 is 11.3 Å². The van der Waals surface area contributed by atoms with E-state index in [4.69, 9.17) is 4.99 Å². The predicted octanol–water partition coefficient (Wildman–Crippen LogP) is 8.39. The highest BCUT2D eigenvalue weighted by Crippen LogP contribution is 2.46. The van der Waals surface area contributed by atoms with Crippen molar-refractivity contribution in [3.8, 4) is 0 Å². The lowest BCUT2D eigenvalue weighted by Crippen LogP contribution is -2.36. The van der Waals surface area contributed by atoms with Gasteiger partial charge in [-0.2, -0.15) is 0 Å². The number of benzene rings is 5. The van der Waals surface area contributed by atoms with E-state index in [2.05, 4.69) is 125 Å². The Kier molecular flexibility index (Phi) is 4.16. The van der Waals surface area contributed by atoms with E-state index in [1.165, 1.54) is 42.1 Å². The highest BCUT2D eigenvalue weighted by atomic mass is 32.1. The van der Waals surface area contributed by atoms with E-state index in [1.807, 2.05) is 11.3 Å². The van der Waals surface area contributed by atoms with Crippen LogP contribution in [0.2, 0.25) is 0 Å². The zero-order valence-corrected chi connectivity index (χ0v) is 20.2. The van der Waals surface area contributed by atoms with Gasteiger partial charge in [-0.1, -0.05) is 91.0 Å². The van der Waals surface area contributed by atoms with E-state index >= 15 is 0 Å². The maximum absolute atomic E-state index is 5.31. The van der Waals surface area contributed by atoms with Crippen molar-refractivity contribution in [2.45, 2.75) is 6.04 Å². The molecule has 170 valence electrons. The first-order valence-electron chi connectivity index (χ1n) is 12.2. The molecule has 7 aromatic rings. The Hall–Kier alpha value is -4.41. The maximum atomic E-state index is 5.31. The van der Waals surface area contributed by atoms with Crippen LogP contribution in [0.1, 0.15) is 16.5 Å². The lowest BCUT2D eigenvalue weighted by atomic mass is 10.0. The summed E-state index contributed by atoms with van der Waals surface area (Å²) in [6.45, 7) is 0. The number of hydrogen-bond donors (Lipinski definition) is 1. The predicted molar refractivity (Wildman–Crippen MR) is 153 cm³/mol. The van der Waals surface area contributed by atoms with Crippen molar-refractivity contribution in [2.24, 2.45) is 4.99 Å². The van der Waals surface area contributed by atoms with Crippen LogP contribution in [0.15, 0.2) is 120 Å². The van der Waals surface area contributed by atoms with Gasteiger partial charge in [0.1, 0.15) is 0 Å². The minimum absolute atomic E-state index is 0.0303. The monoisotopic (exact) mass is 479 g/mol. The Morgan fingerprint density at radius 1 is 0.639 bits per heavy atom. The Morgan fingerprint density at radius 2 is 1.33 bits per heavy atom. The molecule has 3 nitrogen and oxygen atoms in total. The molecule has 1 aliphatic rings. The van der Waals surface area contributed by atoms with Gasteiger partial charge in [0.15, 0.2) is 0 Å². The summed E-state index contributed by atoms with van der Waals surface area (Å²) < 4.78 is 3.58. The summed E-state index contributed by atoms with van der Waals surface area (Å²) in [4.78, 5) is 6.57. The molecule has 1 atom stereocenters. The minimum atomic E-state index is 0.0303. The molecular weight excluding hydrogens is 458 g/mol. The molecular formula is C32H21N3S. The number of thiophene rings is 1. The third-order valence-electron chi connectivity index (χ3n) is 7.23. The van der Waals surface area contributed by atoms with Crippen LogP contribution in [-0.2, 0) is 0 Å². The van der Waals surface area contributed by atoms with Gasteiger partial charge in [-0.05, 0) is 40.6 Å². The van der Waals surface area contributed by atoms with Crippen molar-refractivity contribution < 1.29 is 0 Å². The fraction of sp³-hybridized carbons (Fsp3) is 0.0312. The third-order valence-corrected chi connectivity index (χ3v) is 8.46. The molecule has 0 saturated carbocycles. The standard InChI is InChI=1S/C32H21N3S/c1-2-10-20(11-3-1)29-31-30(24-15-7-9-17-28(24)36-31)34-32(33-29)35-26-16-8-6-14-23(26)25-18-21-12-4-5-13-22(21)19-27(25)35/h1-19,29H,(H,33,34). The summed E-state index contributed by atoms with van der Waals surface area (Å²) >= 11 is 1.83. The van der Waals surface area contributed by atoms with E-state index in [-0.39, 0.29) is 6.04 Å². The number of aliphatic imine (C=N–C) groups is 1. The van der Waals surface area contributed by atoms with Crippen LogP contribution < -0.4 is 5.32 Å². The summed E-state index contributed by atoms with van der Waals surface area (Å²) in [5.74, 6) is 0.862. The molecule has 5 aromatic carbocycles. The molecule has 1 unspecified atom stereocenters. The largest absolute Gasteiger partial charge is 0.343 e. The van der Waals surface area contributed by atoms with E-state index in [0.29, 0.717) is 0 Å². The molecule has 0 saturated heterocycles. The first-order valence-corrected chi connectivity index (χ1v) is 13.0. The SMILES string of the molecule is c1ccc(C2NC(n3c4ccccc4c4cc5ccccc5cc43)=Nc3c2sc2ccccc32)cc1. The summed E-state index contributed by atoms with van der Waals surface area (Å²) in [5.41, 5.74) is 4.63. The molecule has 1 N–H and O–H groups in total. The van der Waals surface area contributed by atoms with Crippen LogP contribution in [0.25, 0.3) is 42.7 Å². The first-order chi connectivity index (χ1) is 17.8. The average Bonchev–Trinajstić information content (AvgIpc) is 3.47. The van der Waals surface area contributed by atoms with Crippen molar-refractivity contribution >= 4 is 65.6 Å². The molecule has 1 aliphatic heterocycles. The quantitative estimate of drug-likeness (QED) is 0.252. The van der Waals surface area contributed by atoms with Crippen LogP contribution in [0, 0.1) is 0 Å². The second kappa shape index (κ2) is 7.54. The van der Waals surface area contributed by atoms with Gasteiger partial charge in [-0.15, -0.1) is 11.3 Å². The summed E-state index contributed by atoms with van der Waals surface area (Å²) in [6, 6.07) is 41.2. The van der Waals surface area contributed by atoms with Crippen molar-refractivity contribution in [1.82, 2.24) is 9.88 Å². The van der Waals surface area contributed by atoms with E-state index in [0.717, 1.165) is 22.7 Å². The lowest BCUT2D eigenvalue weighted by molar-refractivity contribution is 0.747. The number of rotatable bonds is 1. The highest BCUT2D eigenvalue weighted by Gasteiger charge is 2.29. The normalized spacial score (nSPS) is 15.3. The van der Waals surface area contributed by atoms with Crippen molar-refractivity contribution in [1.29, 1.82) is 0 Å². The van der Waals surface area contributed by atoms with Crippen LogP contribution in [0.4, 0.5) is 5.69 Å². The highest BCUT2D eigenvalue weighted by molar-refractivity contribution is 7.19. The summed E-state index contributed by atoms with van der Waals surface area (Å²) in [7, 11) is 0. The van der Waals surface area contributed by atoms with Gasteiger partial charge in [0.05, 0.1) is 27.6 Å². The van der Waals surface area contributed by atoms with Gasteiger partial charge in [-0.25, -0.2) is 4.99 Å². The summed E-state index contributed by atoms with van der Waals surface area (Å²) in [6.07, 6.45) is 0. The Bertz CT molecular complexity index is 1980. The second-order valence-electron chi connectivity index (χ2n) is 9.30. The van der Waals surface area contributed by atoms with Crippen molar-refractivity contribution in [3.63, 3.8) is 0 Å². The van der Waals surface area contributed by atoms with Crippen LogP contribution in [0.3, 0.4) is 0 Å². The van der Waals surface area contributed by atoms with Gasteiger partial charge < -0.3 is 5.32 Å². The molecule has 8 rings (SSSR count). The number of fused-ring (bicyclic) bond motifs is 7. The fourth-order valence-corrected chi connectivity index (χ4v) is 6.80. The zero-order valence-electron chi connectivity index (χ0n) is 19.3. The molecule has 4 heteroatoms. The molecule has 0 bridgehead atoms. The molecule has 36 heavy (non-hydrogen) atoms. The first kappa shape index (κ1) is 19.8. The second-order valence-corrected chi connectivity index (χ2v) is 10.4. The maximum Gasteiger partial charge on any atom is 0.209 e. The fourth-order valence-electron chi connectivity index (χ4n) is 5.57. The van der Waals surface area contributed by atoms with Gasteiger partial charge in [0.25, 0.3) is 0 Å².